The summed E-state index contributed by atoms with van der Waals surface area (Å²) in [4.78, 5) is 20.9. The van der Waals surface area contributed by atoms with Crippen LogP contribution >= 0.6 is 11.3 Å². The lowest BCUT2D eigenvalue weighted by molar-refractivity contribution is -0.128. The van der Waals surface area contributed by atoms with Gasteiger partial charge >= 0.3 is 0 Å². The second-order valence-corrected chi connectivity index (χ2v) is 8.77. The van der Waals surface area contributed by atoms with Gasteiger partial charge in [0.05, 0.1) is 12.2 Å². The molecule has 3 heterocycles. The fraction of sp³-hybridized carbons (Fsp3) is 0.381. The zero-order chi connectivity index (χ0) is 21.8. The molecule has 0 aromatic carbocycles. The summed E-state index contributed by atoms with van der Waals surface area (Å²) in [6.45, 7) is 2.25. The molecule has 8 nitrogen and oxygen atoms in total. The molecule has 31 heavy (non-hydrogen) atoms. The second-order valence-electron chi connectivity index (χ2n) is 7.65. The number of anilines is 1. The van der Waals surface area contributed by atoms with Gasteiger partial charge in [-0.05, 0) is 44.0 Å². The third kappa shape index (κ3) is 4.70. The predicted octanol–water partition coefficient (Wildman–Crippen LogP) is 2.67. The van der Waals surface area contributed by atoms with E-state index in [9.17, 15) is 14.3 Å². The molecule has 3 aromatic heterocycles. The highest BCUT2D eigenvalue weighted by Gasteiger charge is 2.41. The third-order valence-electron chi connectivity index (χ3n) is 5.43. The average molecular weight is 443 g/mol. The SMILES string of the molecule is C[C@H](O)C(=O)NCc1cnc(-c2ccc(NCC3(c4ncccc4F)CCC3)nn2)s1. The van der Waals surface area contributed by atoms with Crippen LogP contribution in [-0.4, -0.2) is 43.8 Å². The first-order valence-electron chi connectivity index (χ1n) is 10.1. The molecule has 1 amide bonds. The monoisotopic (exact) mass is 442 g/mol. The van der Waals surface area contributed by atoms with Crippen LogP contribution in [0, 0.1) is 5.82 Å². The molecular weight excluding hydrogens is 419 g/mol. The minimum atomic E-state index is -1.05. The fourth-order valence-electron chi connectivity index (χ4n) is 3.51. The number of amides is 1. The van der Waals surface area contributed by atoms with Crippen LogP contribution in [0.25, 0.3) is 10.7 Å². The van der Waals surface area contributed by atoms with Crippen LogP contribution in [0.1, 0.15) is 36.8 Å². The number of pyridine rings is 1. The molecule has 0 radical (unpaired) electrons. The predicted molar refractivity (Wildman–Crippen MR) is 115 cm³/mol. The third-order valence-corrected chi connectivity index (χ3v) is 6.45. The number of aliphatic hydroxyl groups is 1. The molecule has 3 aromatic rings. The minimum Gasteiger partial charge on any atom is -0.384 e. The maximum Gasteiger partial charge on any atom is 0.248 e. The van der Waals surface area contributed by atoms with E-state index < -0.39 is 12.0 Å². The fourth-order valence-corrected chi connectivity index (χ4v) is 4.32. The van der Waals surface area contributed by atoms with Crippen molar-refractivity contribution in [3.8, 4) is 10.7 Å². The van der Waals surface area contributed by atoms with Crippen LogP contribution in [0.3, 0.4) is 0 Å². The van der Waals surface area contributed by atoms with Crippen molar-refractivity contribution in [1.29, 1.82) is 0 Å². The molecule has 1 saturated carbocycles. The smallest absolute Gasteiger partial charge is 0.248 e. The highest BCUT2D eigenvalue weighted by molar-refractivity contribution is 7.15. The first kappa shape index (κ1) is 21.3. The Balaban J connectivity index is 1.38. The van der Waals surface area contributed by atoms with E-state index >= 15 is 0 Å². The largest absolute Gasteiger partial charge is 0.384 e. The van der Waals surface area contributed by atoms with E-state index in [1.807, 2.05) is 12.1 Å². The molecule has 1 atom stereocenters. The first-order chi connectivity index (χ1) is 15.0. The van der Waals surface area contributed by atoms with Gasteiger partial charge in [-0.1, -0.05) is 6.42 Å². The van der Waals surface area contributed by atoms with Crippen molar-refractivity contribution in [3.63, 3.8) is 0 Å². The zero-order valence-electron chi connectivity index (χ0n) is 17.0. The summed E-state index contributed by atoms with van der Waals surface area (Å²) >= 11 is 1.39. The number of hydrogen-bond acceptors (Lipinski definition) is 8. The minimum absolute atomic E-state index is 0.269. The Morgan fingerprint density at radius 1 is 1.29 bits per heavy atom. The molecule has 1 aliphatic rings. The van der Waals surface area contributed by atoms with E-state index in [4.69, 9.17) is 0 Å². The zero-order valence-corrected chi connectivity index (χ0v) is 17.8. The Kier molecular flexibility index (Phi) is 6.19. The number of halogens is 1. The molecule has 1 fully saturated rings. The van der Waals surface area contributed by atoms with Crippen molar-refractivity contribution in [2.45, 2.75) is 44.2 Å². The molecule has 0 saturated heterocycles. The Labute approximate surface area is 183 Å². The molecule has 1 aliphatic carbocycles. The van der Waals surface area contributed by atoms with Gasteiger partial charge in [0.15, 0.2) is 0 Å². The molecule has 10 heteroatoms. The molecule has 0 aliphatic heterocycles. The molecule has 3 N–H and O–H groups in total. The van der Waals surface area contributed by atoms with Gasteiger partial charge in [0, 0.05) is 29.2 Å². The highest BCUT2D eigenvalue weighted by atomic mass is 32.1. The first-order valence-corrected chi connectivity index (χ1v) is 10.9. The molecule has 4 rings (SSSR count). The summed E-state index contributed by atoms with van der Waals surface area (Å²) in [7, 11) is 0. The number of nitrogens with zero attached hydrogens (tertiary/aromatic N) is 4. The summed E-state index contributed by atoms with van der Waals surface area (Å²) in [5, 5.41) is 24.3. The molecule has 162 valence electrons. The number of rotatable bonds is 8. The number of aromatic nitrogens is 4. The second kappa shape index (κ2) is 9.03. The summed E-state index contributed by atoms with van der Waals surface area (Å²) < 4.78 is 14.3. The Morgan fingerprint density at radius 3 is 2.77 bits per heavy atom. The van der Waals surface area contributed by atoms with Gasteiger partial charge in [-0.3, -0.25) is 9.78 Å². The van der Waals surface area contributed by atoms with Crippen molar-refractivity contribution >= 4 is 23.1 Å². The number of thiazole rings is 1. The summed E-state index contributed by atoms with van der Waals surface area (Å²) in [6.07, 6.45) is 5.06. The van der Waals surface area contributed by atoms with E-state index in [0.717, 1.165) is 24.1 Å². The van der Waals surface area contributed by atoms with Crippen molar-refractivity contribution in [1.82, 2.24) is 25.5 Å². The van der Waals surface area contributed by atoms with Crippen LogP contribution in [0.5, 0.6) is 0 Å². The van der Waals surface area contributed by atoms with E-state index in [2.05, 4.69) is 30.8 Å². The lowest BCUT2D eigenvalue weighted by atomic mass is 9.66. The number of aliphatic hydroxyl groups excluding tert-OH is 1. The quantitative estimate of drug-likeness (QED) is 0.492. The summed E-state index contributed by atoms with van der Waals surface area (Å²) in [5.41, 5.74) is 0.820. The van der Waals surface area contributed by atoms with Gasteiger partial charge < -0.3 is 15.7 Å². The van der Waals surface area contributed by atoms with Crippen LogP contribution in [0.4, 0.5) is 10.2 Å². The van der Waals surface area contributed by atoms with Crippen molar-refractivity contribution in [2.24, 2.45) is 0 Å². The van der Waals surface area contributed by atoms with E-state index in [1.54, 1.807) is 18.5 Å². The van der Waals surface area contributed by atoms with E-state index in [1.165, 1.54) is 24.3 Å². The van der Waals surface area contributed by atoms with Crippen LogP contribution in [0.2, 0.25) is 0 Å². The Hall–Kier alpha value is -2.98. The maximum atomic E-state index is 14.3. The van der Waals surface area contributed by atoms with Gasteiger partial charge in [0.1, 0.15) is 28.4 Å². The number of hydrogen-bond donors (Lipinski definition) is 3. The topological polar surface area (TPSA) is 113 Å². The van der Waals surface area contributed by atoms with Gasteiger partial charge in [-0.25, -0.2) is 9.37 Å². The van der Waals surface area contributed by atoms with Crippen molar-refractivity contribution in [2.75, 3.05) is 11.9 Å². The standard InChI is InChI=1S/C21H23FN6O2S/c1-13(29)19(30)24-10-14-11-25-20(31-14)16-5-6-17(28-27-16)26-12-21(7-3-8-21)18-15(22)4-2-9-23-18/h2,4-6,9,11,13,29H,3,7-8,10,12H2,1H3,(H,24,30)(H,26,28)/t13-/m0/s1. The Morgan fingerprint density at radius 2 is 2.13 bits per heavy atom. The van der Waals surface area contributed by atoms with Crippen molar-refractivity contribution < 1.29 is 14.3 Å². The molecule has 0 bridgehead atoms. The van der Waals surface area contributed by atoms with Gasteiger partial charge in [0.2, 0.25) is 5.91 Å². The number of nitrogens with one attached hydrogen (secondary N) is 2. The summed E-state index contributed by atoms with van der Waals surface area (Å²) in [6, 6.07) is 6.70. The number of carbonyl (C=O) groups is 1. The van der Waals surface area contributed by atoms with E-state index in [-0.39, 0.29) is 11.2 Å². The average Bonchev–Trinajstić information content (AvgIpc) is 3.22. The maximum absolute atomic E-state index is 14.3. The van der Waals surface area contributed by atoms with Crippen LogP contribution in [-0.2, 0) is 16.8 Å². The summed E-state index contributed by atoms with van der Waals surface area (Å²) in [5.74, 6) is -0.0954. The van der Waals surface area contributed by atoms with Crippen molar-refractivity contribution in [3.05, 3.63) is 53.0 Å². The number of carbonyl (C=O) groups excluding carboxylic acids is 1. The lowest BCUT2D eigenvalue weighted by Gasteiger charge is -2.41. The van der Waals surface area contributed by atoms with Crippen LogP contribution < -0.4 is 10.6 Å². The van der Waals surface area contributed by atoms with Gasteiger partial charge in [-0.2, -0.15) is 0 Å². The molecule has 0 spiro atoms. The normalized spacial score (nSPS) is 15.7. The Bertz CT molecular complexity index is 1050. The van der Waals surface area contributed by atoms with Gasteiger partial charge in [0.25, 0.3) is 0 Å². The van der Waals surface area contributed by atoms with E-state index in [0.29, 0.717) is 35.3 Å². The lowest BCUT2D eigenvalue weighted by Crippen LogP contribution is -2.42. The molecular formula is C21H23FN6O2S. The highest BCUT2D eigenvalue weighted by Crippen LogP contribution is 2.43. The molecule has 0 unspecified atom stereocenters. The van der Waals surface area contributed by atoms with Crippen LogP contribution in [0.15, 0.2) is 36.7 Å². The van der Waals surface area contributed by atoms with Gasteiger partial charge in [-0.15, -0.1) is 21.5 Å².